The first kappa shape index (κ1) is 15.6. The van der Waals surface area contributed by atoms with Gasteiger partial charge in [0.2, 0.25) is 0 Å². The van der Waals surface area contributed by atoms with Gasteiger partial charge in [0.25, 0.3) is 5.91 Å². The van der Waals surface area contributed by atoms with Gasteiger partial charge in [0, 0.05) is 28.5 Å². The van der Waals surface area contributed by atoms with Crippen molar-refractivity contribution in [2.75, 3.05) is 12.3 Å². The molecule has 1 amide bonds. The summed E-state index contributed by atoms with van der Waals surface area (Å²) < 4.78 is 12.8. The SMILES string of the molecule is O=C(NCCCSc1ccc(F)cc1)c1c[nH]c2ccccc12. The maximum absolute atomic E-state index is 12.8. The van der Waals surface area contributed by atoms with Gasteiger partial charge in [-0.1, -0.05) is 18.2 Å². The van der Waals surface area contributed by atoms with E-state index < -0.39 is 0 Å². The van der Waals surface area contributed by atoms with Gasteiger partial charge in [-0.3, -0.25) is 4.79 Å². The molecule has 3 aromatic rings. The van der Waals surface area contributed by atoms with Crippen molar-refractivity contribution in [3.8, 4) is 0 Å². The Bertz CT molecular complexity index is 798. The van der Waals surface area contributed by atoms with Crippen LogP contribution in [0.15, 0.2) is 59.6 Å². The summed E-state index contributed by atoms with van der Waals surface area (Å²) in [6.07, 6.45) is 2.60. The molecule has 0 spiro atoms. The second-order valence-electron chi connectivity index (χ2n) is 5.16. The number of hydrogen-bond acceptors (Lipinski definition) is 2. The van der Waals surface area contributed by atoms with Crippen molar-refractivity contribution in [3.63, 3.8) is 0 Å². The van der Waals surface area contributed by atoms with Gasteiger partial charge in [0.1, 0.15) is 5.82 Å². The molecule has 1 heterocycles. The summed E-state index contributed by atoms with van der Waals surface area (Å²) in [6, 6.07) is 14.2. The van der Waals surface area contributed by atoms with Crippen LogP contribution < -0.4 is 5.32 Å². The quantitative estimate of drug-likeness (QED) is 0.526. The zero-order chi connectivity index (χ0) is 16.1. The van der Waals surface area contributed by atoms with Crippen molar-refractivity contribution in [1.82, 2.24) is 10.3 Å². The third-order valence-electron chi connectivity index (χ3n) is 3.52. The number of rotatable bonds is 6. The van der Waals surface area contributed by atoms with E-state index in [0.717, 1.165) is 28.0 Å². The Kier molecular flexibility index (Phi) is 4.98. The minimum Gasteiger partial charge on any atom is -0.360 e. The lowest BCUT2D eigenvalue weighted by Crippen LogP contribution is -2.24. The van der Waals surface area contributed by atoms with E-state index in [4.69, 9.17) is 0 Å². The van der Waals surface area contributed by atoms with Gasteiger partial charge in [-0.15, -0.1) is 11.8 Å². The molecule has 0 radical (unpaired) electrons. The van der Waals surface area contributed by atoms with E-state index in [9.17, 15) is 9.18 Å². The molecule has 2 aromatic carbocycles. The molecular formula is C18H17FN2OS. The molecule has 2 N–H and O–H groups in total. The summed E-state index contributed by atoms with van der Waals surface area (Å²) in [5.74, 6) is 0.592. The number of fused-ring (bicyclic) bond motifs is 1. The highest BCUT2D eigenvalue weighted by molar-refractivity contribution is 7.99. The molecular weight excluding hydrogens is 311 g/mol. The molecule has 0 aliphatic rings. The topological polar surface area (TPSA) is 44.9 Å². The van der Waals surface area contributed by atoms with Crippen molar-refractivity contribution < 1.29 is 9.18 Å². The van der Waals surface area contributed by atoms with Crippen LogP contribution in [0, 0.1) is 5.82 Å². The van der Waals surface area contributed by atoms with Crippen LogP contribution in [0.4, 0.5) is 4.39 Å². The fourth-order valence-electron chi connectivity index (χ4n) is 2.35. The molecule has 0 aliphatic heterocycles. The van der Waals surface area contributed by atoms with Gasteiger partial charge < -0.3 is 10.3 Å². The van der Waals surface area contributed by atoms with Gasteiger partial charge in [-0.25, -0.2) is 4.39 Å². The number of hydrogen-bond donors (Lipinski definition) is 2. The lowest BCUT2D eigenvalue weighted by molar-refractivity contribution is 0.0955. The van der Waals surface area contributed by atoms with Gasteiger partial charge in [0.15, 0.2) is 0 Å². The molecule has 0 unspecified atom stereocenters. The van der Waals surface area contributed by atoms with Crippen molar-refractivity contribution in [2.45, 2.75) is 11.3 Å². The van der Waals surface area contributed by atoms with E-state index in [-0.39, 0.29) is 11.7 Å². The number of benzene rings is 2. The monoisotopic (exact) mass is 328 g/mol. The number of carbonyl (C=O) groups is 1. The highest BCUT2D eigenvalue weighted by Gasteiger charge is 2.10. The van der Waals surface area contributed by atoms with Crippen LogP contribution in [0.1, 0.15) is 16.8 Å². The average Bonchev–Trinajstić information content (AvgIpc) is 3.00. The van der Waals surface area contributed by atoms with Gasteiger partial charge in [-0.2, -0.15) is 0 Å². The first-order valence-electron chi connectivity index (χ1n) is 7.47. The van der Waals surface area contributed by atoms with Crippen LogP contribution in [-0.2, 0) is 0 Å². The number of amides is 1. The third-order valence-corrected chi connectivity index (χ3v) is 4.62. The minimum atomic E-state index is -0.222. The Labute approximate surface area is 138 Å². The Morgan fingerprint density at radius 1 is 1.13 bits per heavy atom. The summed E-state index contributed by atoms with van der Waals surface area (Å²) in [7, 11) is 0. The smallest absolute Gasteiger partial charge is 0.253 e. The van der Waals surface area contributed by atoms with Crippen LogP contribution in [0.25, 0.3) is 10.9 Å². The number of para-hydroxylation sites is 1. The summed E-state index contributed by atoms with van der Waals surface area (Å²) in [5, 5.41) is 3.88. The highest BCUT2D eigenvalue weighted by Crippen LogP contribution is 2.19. The van der Waals surface area contributed by atoms with Gasteiger partial charge in [0.05, 0.1) is 5.56 Å². The van der Waals surface area contributed by atoms with E-state index in [1.54, 1.807) is 30.1 Å². The Morgan fingerprint density at radius 3 is 2.74 bits per heavy atom. The van der Waals surface area contributed by atoms with Gasteiger partial charge in [-0.05, 0) is 42.5 Å². The zero-order valence-electron chi connectivity index (χ0n) is 12.5. The fourth-order valence-corrected chi connectivity index (χ4v) is 3.20. The number of carbonyl (C=O) groups excluding carboxylic acids is 1. The molecule has 0 atom stereocenters. The first-order valence-corrected chi connectivity index (χ1v) is 8.45. The number of aromatic amines is 1. The van der Waals surface area contributed by atoms with Crippen LogP contribution in [0.5, 0.6) is 0 Å². The molecule has 5 heteroatoms. The fraction of sp³-hybridized carbons (Fsp3) is 0.167. The van der Waals surface area contributed by atoms with E-state index in [1.165, 1.54) is 12.1 Å². The van der Waals surface area contributed by atoms with Crippen LogP contribution in [0.2, 0.25) is 0 Å². The second-order valence-corrected chi connectivity index (χ2v) is 6.33. The molecule has 1 aromatic heterocycles. The van der Waals surface area contributed by atoms with Crippen LogP contribution in [-0.4, -0.2) is 23.2 Å². The lowest BCUT2D eigenvalue weighted by atomic mass is 10.1. The summed E-state index contributed by atoms with van der Waals surface area (Å²) in [5.41, 5.74) is 1.64. The zero-order valence-corrected chi connectivity index (χ0v) is 13.3. The molecule has 23 heavy (non-hydrogen) atoms. The molecule has 118 valence electrons. The lowest BCUT2D eigenvalue weighted by Gasteiger charge is -2.05. The van der Waals surface area contributed by atoms with E-state index in [1.807, 2.05) is 24.3 Å². The summed E-state index contributed by atoms with van der Waals surface area (Å²) >= 11 is 1.66. The number of halogens is 1. The predicted octanol–water partition coefficient (Wildman–Crippen LogP) is 4.22. The maximum atomic E-state index is 12.8. The highest BCUT2D eigenvalue weighted by atomic mass is 32.2. The van der Waals surface area contributed by atoms with E-state index in [2.05, 4.69) is 10.3 Å². The molecule has 3 rings (SSSR count). The maximum Gasteiger partial charge on any atom is 0.253 e. The Balaban J connectivity index is 1.45. The number of H-pyrrole nitrogens is 1. The van der Waals surface area contributed by atoms with Crippen LogP contribution >= 0.6 is 11.8 Å². The third kappa shape index (κ3) is 3.93. The Hall–Kier alpha value is -2.27. The van der Waals surface area contributed by atoms with E-state index >= 15 is 0 Å². The first-order chi connectivity index (χ1) is 11.2. The minimum absolute atomic E-state index is 0.0609. The summed E-state index contributed by atoms with van der Waals surface area (Å²) in [4.78, 5) is 16.3. The van der Waals surface area contributed by atoms with Crippen molar-refractivity contribution in [3.05, 3.63) is 66.1 Å². The average molecular weight is 328 g/mol. The normalized spacial score (nSPS) is 10.8. The number of thioether (sulfide) groups is 1. The largest absolute Gasteiger partial charge is 0.360 e. The molecule has 0 fully saturated rings. The van der Waals surface area contributed by atoms with Crippen molar-refractivity contribution in [1.29, 1.82) is 0 Å². The van der Waals surface area contributed by atoms with Crippen molar-refractivity contribution >= 4 is 28.6 Å². The molecule has 0 saturated carbocycles. The number of nitrogens with one attached hydrogen (secondary N) is 2. The molecule has 0 aliphatic carbocycles. The van der Waals surface area contributed by atoms with Crippen LogP contribution in [0.3, 0.4) is 0 Å². The molecule has 0 saturated heterocycles. The molecule has 0 bridgehead atoms. The Morgan fingerprint density at radius 2 is 1.91 bits per heavy atom. The van der Waals surface area contributed by atoms with E-state index in [0.29, 0.717) is 12.1 Å². The summed E-state index contributed by atoms with van der Waals surface area (Å²) in [6.45, 7) is 0.618. The van der Waals surface area contributed by atoms with Gasteiger partial charge >= 0.3 is 0 Å². The number of aromatic nitrogens is 1. The predicted molar refractivity (Wildman–Crippen MR) is 92.4 cm³/mol. The second kappa shape index (κ2) is 7.33. The van der Waals surface area contributed by atoms with Crippen molar-refractivity contribution in [2.24, 2.45) is 0 Å². The molecule has 3 nitrogen and oxygen atoms in total. The standard InChI is InChI=1S/C18H17FN2OS/c19-13-6-8-14(9-7-13)23-11-3-10-20-18(22)16-12-21-17-5-2-1-4-15(16)17/h1-2,4-9,12,21H,3,10-11H2,(H,20,22).